The van der Waals surface area contributed by atoms with E-state index in [-0.39, 0.29) is 16.4 Å². The predicted molar refractivity (Wildman–Crippen MR) is 77.5 cm³/mol. The van der Waals surface area contributed by atoms with Crippen LogP contribution >= 0.6 is 15.9 Å². The Morgan fingerprint density at radius 2 is 2.00 bits per heavy atom. The molecule has 3 nitrogen and oxygen atoms in total. The van der Waals surface area contributed by atoms with Crippen LogP contribution in [-0.4, -0.2) is 16.9 Å². The van der Waals surface area contributed by atoms with E-state index in [0.717, 1.165) is 0 Å². The lowest BCUT2D eigenvalue weighted by atomic mass is 10.1. The standard InChI is InChI=1S/C15H13BrFNO2/c1-9(2)20-12-5-11(7-18-8-12)15(19)10-3-4-14(17)13(16)6-10/h3-9H,1-2H3. The molecule has 0 N–H and O–H groups in total. The molecule has 0 aliphatic heterocycles. The quantitative estimate of drug-likeness (QED) is 0.791. The summed E-state index contributed by atoms with van der Waals surface area (Å²) >= 11 is 3.07. The van der Waals surface area contributed by atoms with Crippen molar-refractivity contribution in [1.29, 1.82) is 0 Å². The molecule has 104 valence electrons. The van der Waals surface area contributed by atoms with Crippen LogP contribution in [0.15, 0.2) is 41.1 Å². The number of nitrogens with zero attached hydrogens (tertiary/aromatic N) is 1. The molecule has 1 heterocycles. The van der Waals surface area contributed by atoms with Crippen LogP contribution in [0.2, 0.25) is 0 Å². The second kappa shape index (κ2) is 6.13. The second-order valence-electron chi connectivity index (χ2n) is 4.53. The summed E-state index contributed by atoms with van der Waals surface area (Å²) in [7, 11) is 0. The number of pyridine rings is 1. The van der Waals surface area contributed by atoms with Gasteiger partial charge < -0.3 is 4.74 Å². The first-order valence-electron chi connectivity index (χ1n) is 6.09. The first-order valence-corrected chi connectivity index (χ1v) is 6.88. The number of halogens is 2. The first-order chi connectivity index (χ1) is 9.47. The number of carbonyl (C=O) groups is 1. The minimum Gasteiger partial charge on any atom is -0.489 e. The zero-order chi connectivity index (χ0) is 14.7. The summed E-state index contributed by atoms with van der Waals surface area (Å²) in [6.07, 6.45) is 3.02. The van der Waals surface area contributed by atoms with Crippen LogP contribution in [0.5, 0.6) is 5.75 Å². The van der Waals surface area contributed by atoms with Crippen molar-refractivity contribution in [1.82, 2.24) is 4.98 Å². The molecule has 0 unspecified atom stereocenters. The zero-order valence-electron chi connectivity index (χ0n) is 11.1. The fourth-order valence-corrected chi connectivity index (χ4v) is 2.06. The Labute approximate surface area is 124 Å². The van der Waals surface area contributed by atoms with Gasteiger partial charge in [-0.05, 0) is 54.0 Å². The van der Waals surface area contributed by atoms with E-state index in [4.69, 9.17) is 4.74 Å². The summed E-state index contributed by atoms with van der Waals surface area (Å²) < 4.78 is 18.9. The van der Waals surface area contributed by atoms with Crippen molar-refractivity contribution < 1.29 is 13.9 Å². The van der Waals surface area contributed by atoms with Gasteiger partial charge in [-0.25, -0.2) is 4.39 Å². The fourth-order valence-electron chi connectivity index (χ4n) is 1.68. The van der Waals surface area contributed by atoms with E-state index in [0.29, 0.717) is 16.9 Å². The molecule has 0 aliphatic rings. The molecule has 0 atom stereocenters. The largest absolute Gasteiger partial charge is 0.489 e. The van der Waals surface area contributed by atoms with Gasteiger partial charge in [-0.1, -0.05) is 0 Å². The van der Waals surface area contributed by atoms with Crippen molar-refractivity contribution >= 4 is 21.7 Å². The van der Waals surface area contributed by atoms with Gasteiger partial charge >= 0.3 is 0 Å². The third-order valence-electron chi connectivity index (χ3n) is 2.53. The summed E-state index contributed by atoms with van der Waals surface area (Å²) in [6, 6.07) is 5.78. The number of carbonyl (C=O) groups excluding carboxylic acids is 1. The SMILES string of the molecule is CC(C)Oc1cncc(C(=O)c2ccc(F)c(Br)c2)c1. The van der Waals surface area contributed by atoms with Gasteiger partial charge in [0.05, 0.1) is 16.8 Å². The van der Waals surface area contributed by atoms with Crippen LogP contribution in [0.4, 0.5) is 4.39 Å². The maximum atomic E-state index is 13.2. The van der Waals surface area contributed by atoms with Crippen LogP contribution in [0.3, 0.4) is 0 Å². The van der Waals surface area contributed by atoms with E-state index < -0.39 is 5.82 Å². The van der Waals surface area contributed by atoms with Crippen molar-refractivity contribution in [3.8, 4) is 5.75 Å². The maximum absolute atomic E-state index is 13.2. The number of hydrogen-bond acceptors (Lipinski definition) is 3. The molecule has 1 aromatic carbocycles. The third kappa shape index (κ3) is 3.42. The van der Waals surface area contributed by atoms with Gasteiger partial charge in [-0.15, -0.1) is 0 Å². The number of aromatic nitrogens is 1. The summed E-state index contributed by atoms with van der Waals surface area (Å²) in [5.74, 6) is -0.101. The summed E-state index contributed by atoms with van der Waals surface area (Å²) in [5, 5.41) is 0. The van der Waals surface area contributed by atoms with Crippen molar-refractivity contribution in [2.24, 2.45) is 0 Å². The van der Waals surface area contributed by atoms with Crippen LogP contribution < -0.4 is 4.74 Å². The molecule has 0 amide bonds. The molecule has 2 aromatic rings. The lowest BCUT2D eigenvalue weighted by Gasteiger charge is -2.10. The molecule has 0 aliphatic carbocycles. The zero-order valence-corrected chi connectivity index (χ0v) is 12.6. The van der Waals surface area contributed by atoms with E-state index in [2.05, 4.69) is 20.9 Å². The topological polar surface area (TPSA) is 39.2 Å². The molecule has 0 radical (unpaired) electrons. The second-order valence-corrected chi connectivity index (χ2v) is 5.39. The third-order valence-corrected chi connectivity index (χ3v) is 3.14. The number of ether oxygens (including phenoxy) is 1. The average molecular weight is 338 g/mol. The lowest BCUT2D eigenvalue weighted by Crippen LogP contribution is -2.08. The van der Waals surface area contributed by atoms with Crippen LogP contribution in [0, 0.1) is 5.82 Å². The van der Waals surface area contributed by atoms with Crippen LogP contribution in [0.1, 0.15) is 29.8 Å². The Morgan fingerprint density at radius 1 is 1.25 bits per heavy atom. The first kappa shape index (κ1) is 14.7. The summed E-state index contributed by atoms with van der Waals surface area (Å²) in [6.45, 7) is 3.79. The lowest BCUT2D eigenvalue weighted by molar-refractivity contribution is 0.103. The van der Waals surface area contributed by atoms with Gasteiger partial charge in [-0.2, -0.15) is 0 Å². The van der Waals surface area contributed by atoms with E-state index in [1.165, 1.54) is 24.4 Å². The highest BCUT2D eigenvalue weighted by molar-refractivity contribution is 9.10. The number of hydrogen-bond donors (Lipinski definition) is 0. The molecule has 20 heavy (non-hydrogen) atoms. The molecule has 1 aromatic heterocycles. The van der Waals surface area contributed by atoms with Gasteiger partial charge in [0.1, 0.15) is 11.6 Å². The Balaban J connectivity index is 2.30. The van der Waals surface area contributed by atoms with Gasteiger partial charge in [0.25, 0.3) is 0 Å². The molecule has 0 saturated heterocycles. The molecule has 0 fully saturated rings. The Kier molecular flexibility index (Phi) is 4.49. The van der Waals surface area contributed by atoms with E-state index in [9.17, 15) is 9.18 Å². The van der Waals surface area contributed by atoms with Gasteiger partial charge in [0.2, 0.25) is 0 Å². The van der Waals surface area contributed by atoms with Crippen molar-refractivity contribution in [2.75, 3.05) is 0 Å². The van der Waals surface area contributed by atoms with E-state index in [1.807, 2.05) is 13.8 Å². The van der Waals surface area contributed by atoms with Crippen LogP contribution in [0.25, 0.3) is 0 Å². The summed E-state index contributed by atoms with van der Waals surface area (Å²) in [4.78, 5) is 16.3. The van der Waals surface area contributed by atoms with Crippen molar-refractivity contribution in [3.63, 3.8) is 0 Å². The smallest absolute Gasteiger partial charge is 0.194 e. The van der Waals surface area contributed by atoms with Gasteiger partial charge in [-0.3, -0.25) is 9.78 Å². The average Bonchev–Trinajstić information content (AvgIpc) is 2.40. The normalized spacial score (nSPS) is 10.7. The maximum Gasteiger partial charge on any atom is 0.194 e. The minimum atomic E-state index is -0.406. The molecule has 5 heteroatoms. The molecular weight excluding hydrogens is 325 g/mol. The highest BCUT2D eigenvalue weighted by Gasteiger charge is 2.12. The Morgan fingerprint density at radius 3 is 2.65 bits per heavy atom. The molecule has 0 spiro atoms. The number of benzene rings is 1. The van der Waals surface area contributed by atoms with Gasteiger partial charge in [0.15, 0.2) is 5.78 Å². The highest BCUT2D eigenvalue weighted by atomic mass is 79.9. The Bertz CT molecular complexity index is 644. The monoisotopic (exact) mass is 337 g/mol. The number of rotatable bonds is 4. The molecule has 2 rings (SSSR count). The Hall–Kier alpha value is -1.75. The van der Waals surface area contributed by atoms with Crippen molar-refractivity contribution in [3.05, 3.63) is 58.1 Å². The molecular formula is C15H13BrFNO2. The van der Waals surface area contributed by atoms with Crippen LogP contribution in [-0.2, 0) is 0 Å². The van der Waals surface area contributed by atoms with Crippen molar-refractivity contribution in [2.45, 2.75) is 20.0 Å². The van der Waals surface area contributed by atoms with Gasteiger partial charge in [0, 0.05) is 17.3 Å². The fraction of sp³-hybridized carbons (Fsp3) is 0.200. The molecule has 0 saturated carbocycles. The predicted octanol–water partition coefficient (Wildman–Crippen LogP) is 4.00. The highest BCUT2D eigenvalue weighted by Crippen LogP contribution is 2.20. The van der Waals surface area contributed by atoms with E-state index >= 15 is 0 Å². The minimum absolute atomic E-state index is 0.00196. The van der Waals surface area contributed by atoms with E-state index in [1.54, 1.807) is 12.3 Å². The number of ketones is 1. The molecule has 0 bridgehead atoms. The summed E-state index contributed by atoms with van der Waals surface area (Å²) in [5.41, 5.74) is 0.795.